The summed E-state index contributed by atoms with van der Waals surface area (Å²) in [6.07, 6.45) is 1.63. The van der Waals surface area contributed by atoms with Crippen molar-refractivity contribution >= 4 is 22.7 Å². The highest BCUT2D eigenvalue weighted by Gasteiger charge is 2.06. The number of benzene rings is 2. The van der Waals surface area contributed by atoms with Crippen LogP contribution in [0.5, 0.6) is 0 Å². The minimum atomic E-state index is -0.308. The van der Waals surface area contributed by atoms with Crippen LogP contribution in [-0.4, -0.2) is 21.2 Å². The average molecular weight is 310 g/mol. The third-order valence-electron chi connectivity index (χ3n) is 3.45. The van der Waals surface area contributed by atoms with Crippen molar-refractivity contribution in [2.75, 3.05) is 0 Å². The number of nitrogens with zero attached hydrogens (tertiary/aromatic N) is 3. The van der Waals surface area contributed by atoms with Gasteiger partial charge in [-0.05, 0) is 36.8 Å². The Kier molecular flexibility index (Phi) is 4.14. The first-order chi connectivity index (χ1) is 11.1. The highest BCUT2D eigenvalue weighted by atomic mass is 19.1. The molecule has 0 aliphatic rings. The number of para-hydroxylation sites is 2. The largest absolute Gasteiger partial charge is 0.321 e. The van der Waals surface area contributed by atoms with Crippen molar-refractivity contribution in [2.45, 2.75) is 13.5 Å². The molecule has 0 atom stereocenters. The van der Waals surface area contributed by atoms with Gasteiger partial charge in [-0.3, -0.25) is 4.79 Å². The first kappa shape index (κ1) is 14.9. The van der Waals surface area contributed by atoms with Crippen molar-refractivity contribution in [3.8, 4) is 0 Å². The number of hydrogen-bond acceptors (Lipinski definition) is 3. The molecule has 6 heteroatoms. The van der Waals surface area contributed by atoms with Gasteiger partial charge in [0.05, 0.1) is 23.1 Å². The van der Waals surface area contributed by atoms with Gasteiger partial charge in [-0.25, -0.2) is 14.8 Å². The molecule has 3 aromatic rings. The zero-order valence-electron chi connectivity index (χ0n) is 12.5. The molecule has 0 radical (unpaired) electrons. The van der Waals surface area contributed by atoms with Gasteiger partial charge in [0.1, 0.15) is 12.4 Å². The number of nitrogens with one attached hydrogen (secondary N) is 1. The zero-order valence-corrected chi connectivity index (χ0v) is 12.5. The summed E-state index contributed by atoms with van der Waals surface area (Å²) in [5.41, 5.74) is 5.59. The third kappa shape index (κ3) is 3.42. The summed E-state index contributed by atoms with van der Waals surface area (Å²) in [6, 6.07) is 13.5. The second kappa shape index (κ2) is 6.39. The molecule has 3 rings (SSSR count). The zero-order chi connectivity index (χ0) is 16.2. The minimum absolute atomic E-state index is 0.126. The molecule has 0 fully saturated rings. The Morgan fingerprint density at radius 1 is 1.22 bits per heavy atom. The van der Waals surface area contributed by atoms with E-state index in [-0.39, 0.29) is 18.3 Å². The van der Waals surface area contributed by atoms with E-state index in [1.54, 1.807) is 30.0 Å². The normalized spacial score (nSPS) is 11.7. The Morgan fingerprint density at radius 3 is 2.74 bits per heavy atom. The smallest absolute Gasteiger partial charge is 0.260 e. The highest BCUT2D eigenvalue weighted by Crippen LogP contribution is 2.11. The van der Waals surface area contributed by atoms with Crippen LogP contribution in [0.2, 0.25) is 0 Å². The van der Waals surface area contributed by atoms with Crippen LogP contribution < -0.4 is 5.43 Å². The molecular formula is C17H15FN4O. The molecule has 2 aromatic carbocycles. The summed E-state index contributed by atoms with van der Waals surface area (Å²) in [7, 11) is 0. The van der Waals surface area contributed by atoms with Gasteiger partial charge in [0.25, 0.3) is 5.91 Å². The van der Waals surface area contributed by atoms with Crippen LogP contribution >= 0.6 is 0 Å². The van der Waals surface area contributed by atoms with Gasteiger partial charge in [-0.1, -0.05) is 24.3 Å². The molecule has 1 N–H and O–H groups in total. The number of carbonyl (C=O) groups excluding carboxylic acids is 1. The van der Waals surface area contributed by atoms with Crippen molar-refractivity contribution in [1.29, 1.82) is 0 Å². The molecule has 1 heterocycles. The lowest BCUT2D eigenvalue weighted by atomic mass is 10.1. The fourth-order valence-electron chi connectivity index (χ4n) is 2.23. The van der Waals surface area contributed by atoms with Crippen molar-refractivity contribution in [2.24, 2.45) is 5.10 Å². The van der Waals surface area contributed by atoms with E-state index in [0.29, 0.717) is 5.71 Å². The number of fused-ring (bicyclic) bond motifs is 1. The Morgan fingerprint density at radius 2 is 1.96 bits per heavy atom. The third-order valence-corrected chi connectivity index (χ3v) is 3.45. The Balaban J connectivity index is 1.67. The Hall–Kier alpha value is -3.02. The van der Waals surface area contributed by atoms with Gasteiger partial charge in [-0.15, -0.1) is 0 Å². The van der Waals surface area contributed by atoms with E-state index in [9.17, 15) is 9.18 Å². The predicted molar refractivity (Wildman–Crippen MR) is 86.5 cm³/mol. The van der Waals surface area contributed by atoms with E-state index in [2.05, 4.69) is 15.5 Å². The van der Waals surface area contributed by atoms with Crippen LogP contribution in [0, 0.1) is 5.82 Å². The van der Waals surface area contributed by atoms with E-state index < -0.39 is 0 Å². The molecule has 0 saturated carbocycles. The first-order valence-electron chi connectivity index (χ1n) is 7.12. The van der Waals surface area contributed by atoms with Crippen LogP contribution in [-0.2, 0) is 11.3 Å². The van der Waals surface area contributed by atoms with Gasteiger partial charge >= 0.3 is 0 Å². The maximum atomic E-state index is 12.9. The summed E-state index contributed by atoms with van der Waals surface area (Å²) in [5, 5.41) is 4.05. The summed E-state index contributed by atoms with van der Waals surface area (Å²) in [4.78, 5) is 16.3. The number of aromatic nitrogens is 2. The van der Waals surface area contributed by atoms with Crippen molar-refractivity contribution in [3.05, 3.63) is 66.2 Å². The van der Waals surface area contributed by atoms with Crippen molar-refractivity contribution < 1.29 is 9.18 Å². The molecule has 0 saturated heterocycles. The molecular weight excluding hydrogens is 295 g/mol. The molecule has 0 aliphatic carbocycles. The van der Waals surface area contributed by atoms with Crippen LogP contribution in [0.1, 0.15) is 12.5 Å². The Bertz CT molecular complexity index is 868. The number of hydrogen-bond donors (Lipinski definition) is 1. The highest BCUT2D eigenvalue weighted by molar-refractivity contribution is 5.99. The molecule has 1 amide bonds. The number of amides is 1. The van der Waals surface area contributed by atoms with Gasteiger partial charge < -0.3 is 4.57 Å². The summed E-state index contributed by atoms with van der Waals surface area (Å²) >= 11 is 0. The molecule has 0 bridgehead atoms. The molecule has 5 nitrogen and oxygen atoms in total. The van der Waals surface area contributed by atoms with Gasteiger partial charge in [0.15, 0.2) is 0 Å². The van der Waals surface area contributed by atoms with Crippen molar-refractivity contribution in [3.63, 3.8) is 0 Å². The predicted octanol–water partition coefficient (Wildman–Crippen LogP) is 2.72. The molecule has 1 aromatic heterocycles. The van der Waals surface area contributed by atoms with E-state index >= 15 is 0 Å². The SMILES string of the molecule is CC(=NNC(=O)Cn1cnc2ccccc21)c1ccc(F)cc1. The summed E-state index contributed by atoms with van der Waals surface area (Å²) < 4.78 is 14.6. The average Bonchev–Trinajstić information content (AvgIpc) is 2.96. The summed E-state index contributed by atoms with van der Waals surface area (Å²) in [6.45, 7) is 1.88. The Labute approximate surface area is 132 Å². The van der Waals surface area contributed by atoms with E-state index in [0.717, 1.165) is 16.6 Å². The number of rotatable bonds is 4. The number of imidazole rings is 1. The van der Waals surface area contributed by atoms with E-state index in [4.69, 9.17) is 0 Å². The van der Waals surface area contributed by atoms with Gasteiger partial charge in [0.2, 0.25) is 0 Å². The summed E-state index contributed by atoms with van der Waals surface area (Å²) in [5.74, 6) is -0.563. The number of halogens is 1. The van der Waals surface area contributed by atoms with Crippen LogP contribution in [0.25, 0.3) is 11.0 Å². The monoisotopic (exact) mass is 310 g/mol. The molecule has 0 spiro atoms. The lowest BCUT2D eigenvalue weighted by molar-refractivity contribution is -0.121. The topological polar surface area (TPSA) is 59.3 Å². The van der Waals surface area contributed by atoms with E-state index in [1.807, 2.05) is 24.3 Å². The first-order valence-corrected chi connectivity index (χ1v) is 7.12. The van der Waals surface area contributed by atoms with Gasteiger partial charge in [-0.2, -0.15) is 5.10 Å². The van der Waals surface area contributed by atoms with Crippen LogP contribution in [0.15, 0.2) is 60.0 Å². The lowest BCUT2D eigenvalue weighted by Gasteiger charge is -2.05. The maximum Gasteiger partial charge on any atom is 0.260 e. The standard InChI is InChI=1S/C17H15FN4O/c1-12(13-6-8-14(18)9-7-13)20-21-17(23)10-22-11-19-15-4-2-3-5-16(15)22/h2-9,11H,10H2,1H3,(H,21,23). The number of hydrazone groups is 1. The van der Waals surface area contributed by atoms with Crippen LogP contribution in [0.3, 0.4) is 0 Å². The van der Waals surface area contributed by atoms with Gasteiger partial charge in [0, 0.05) is 0 Å². The van der Waals surface area contributed by atoms with Crippen LogP contribution in [0.4, 0.5) is 4.39 Å². The second-order valence-corrected chi connectivity index (χ2v) is 5.10. The quantitative estimate of drug-likeness (QED) is 0.595. The fourth-order valence-corrected chi connectivity index (χ4v) is 2.23. The second-order valence-electron chi connectivity index (χ2n) is 5.10. The molecule has 116 valence electrons. The fraction of sp³-hybridized carbons (Fsp3) is 0.118. The maximum absolute atomic E-state index is 12.9. The van der Waals surface area contributed by atoms with E-state index in [1.165, 1.54) is 12.1 Å². The molecule has 0 aliphatic heterocycles. The van der Waals surface area contributed by atoms with Crippen molar-refractivity contribution in [1.82, 2.24) is 15.0 Å². The molecule has 0 unspecified atom stereocenters. The molecule has 23 heavy (non-hydrogen) atoms. The minimum Gasteiger partial charge on any atom is -0.321 e. The lowest BCUT2D eigenvalue weighted by Crippen LogP contribution is -2.24. The number of carbonyl (C=O) groups is 1.